The first kappa shape index (κ1) is 12.4. The Bertz CT molecular complexity index is 436. The van der Waals surface area contributed by atoms with Gasteiger partial charge in [-0.3, -0.25) is 0 Å². The van der Waals surface area contributed by atoms with Gasteiger partial charge in [0.2, 0.25) is 0 Å². The molecule has 98 valence electrons. The van der Waals surface area contributed by atoms with E-state index in [2.05, 4.69) is 5.32 Å². The maximum Gasteiger partial charge on any atom is 0.124 e. The molecule has 2 fully saturated rings. The predicted molar refractivity (Wildman–Crippen MR) is 69.2 cm³/mol. The highest BCUT2D eigenvalue weighted by atomic mass is 35.5. The molecule has 1 aliphatic heterocycles. The van der Waals surface area contributed by atoms with E-state index in [1.165, 1.54) is 25.0 Å². The van der Waals surface area contributed by atoms with Crippen LogP contribution in [0.15, 0.2) is 18.2 Å². The molecule has 2 unspecified atom stereocenters. The SMILES string of the molecule is Fc1ccc(C2OCCC2CNC2CC2)c(Cl)c1. The maximum absolute atomic E-state index is 13.1. The standard InChI is InChI=1S/C14H17ClFNO/c15-13-7-10(16)1-4-12(13)14-9(5-6-18-14)8-17-11-2-3-11/h1,4,7,9,11,14,17H,2-3,5-6,8H2. The molecule has 3 rings (SSSR count). The van der Waals surface area contributed by atoms with E-state index in [1.807, 2.05) is 0 Å². The predicted octanol–water partition coefficient (Wildman–Crippen LogP) is 3.31. The van der Waals surface area contributed by atoms with Crippen molar-refractivity contribution in [1.29, 1.82) is 0 Å². The average Bonchev–Trinajstić information content (AvgIpc) is 3.06. The lowest BCUT2D eigenvalue weighted by atomic mass is 9.95. The Morgan fingerprint density at radius 1 is 1.33 bits per heavy atom. The molecule has 0 amide bonds. The van der Waals surface area contributed by atoms with Crippen molar-refractivity contribution in [2.24, 2.45) is 5.92 Å². The highest BCUT2D eigenvalue weighted by Gasteiger charge is 2.32. The lowest BCUT2D eigenvalue weighted by Gasteiger charge is -2.20. The molecule has 1 aromatic carbocycles. The van der Waals surface area contributed by atoms with Crippen LogP contribution in [-0.4, -0.2) is 19.2 Å². The fourth-order valence-corrected chi connectivity index (χ4v) is 2.80. The number of benzene rings is 1. The van der Waals surface area contributed by atoms with E-state index in [1.54, 1.807) is 6.07 Å². The van der Waals surface area contributed by atoms with Gasteiger partial charge in [-0.2, -0.15) is 0 Å². The molecule has 1 saturated carbocycles. The van der Waals surface area contributed by atoms with Crippen molar-refractivity contribution in [1.82, 2.24) is 5.32 Å². The Labute approximate surface area is 111 Å². The first-order valence-corrected chi connectivity index (χ1v) is 6.92. The Balaban J connectivity index is 1.72. The lowest BCUT2D eigenvalue weighted by Crippen LogP contribution is -2.26. The van der Waals surface area contributed by atoms with Crippen molar-refractivity contribution in [3.63, 3.8) is 0 Å². The minimum Gasteiger partial charge on any atom is -0.373 e. The Morgan fingerprint density at radius 3 is 2.89 bits per heavy atom. The molecule has 1 saturated heterocycles. The second kappa shape index (κ2) is 5.16. The van der Waals surface area contributed by atoms with Crippen LogP contribution in [0.5, 0.6) is 0 Å². The van der Waals surface area contributed by atoms with Crippen LogP contribution in [0.3, 0.4) is 0 Å². The van der Waals surface area contributed by atoms with E-state index >= 15 is 0 Å². The highest BCUT2D eigenvalue weighted by Crippen LogP contribution is 2.38. The maximum atomic E-state index is 13.1. The van der Waals surface area contributed by atoms with Gasteiger partial charge in [0.15, 0.2) is 0 Å². The molecule has 2 nitrogen and oxygen atoms in total. The Hall–Kier alpha value is -0.640. The molecule has 1 N–H and O–H groups in total. The third kappa shape index (κ3) is 2.68. The van der Waals surface area contributed by atoms with Crippen molar-refractivity contribution < 1.29 is 9.13 Å². The molecule has 18 heavy (non-hydrogen) atoms. The van der Waals surface area contributed by atoms with E-state index in [0.717, 1.165) is 25.1 Å². The largest absolute Gasteiger partial charge is 0.373 e. The number of rotatable bonds is 4. The quantitative estimate of drug-likeness (QED) is 0.906. The molecule has 2 atom stereocenters. The number of nitrogens with one attached hydrogen (secondary N) is 1. The third-order valence-electron chi connectivity index (χ3n) is 3.73. The normalized spacial score (nSPS) is 27.7. The number of hydrogen-bond acceptors (Lipinski definition) is 2. The van der Waals surface area contributed by atoms with Crippen LogP contribution in [0.2, 0.25) is 5.02 Å². The van der Waals surface area contributed by atoms with E-state index in [-0.39, 0.29) is 11.9 Å². The summed E-state index contributed by atoms with van der Waals surface area (Å²) in [6.45, 7) is 1.72. The fourth-order valence-electron chi connectivity index (χ4n) is 2.52. The molecule has 0 aromatic heterocycles. The topological polar surface area (TPSA) is 21.3 Å². The second-order valence-electron chi connectivity index (χ2n) is 5.19. The molecule has 1 aliphatic carbocycles. The van der Waals surface area contributed by atoms with Crippen molar-refractivity contribution in [2.75, 3.05) is 13.2 Å². The second-order valence-corrected chi connectivity index (χ2v) is 5.60. The molecule has 0 radical (unpaired) electrons. The van der Waals surface area contributed by atoms with Crippen LogP contribution >= 0.6 is 11.6 Å². The summed E-state index contributed by atoms with van der Waals surface area (Å²) in [4.78, 5) is 0. The van der Waals surface area contributed by atoms with Crippen LogP contribution in [0.4, 0.5) is 4.39 Å². The molecular formula is C14H17ClFNO. The van der Waals surface area contributed by atoms with Crippen LogP contribution in [0.1, 0.15) is 30.9 Å². The first-order chi connectivity index (χ1) is 8.74. The number of hydrogen-bond donors (Lipinski definition) is 1. The zero-order valence-corrected chi connectivity index (χ0v) is 10.9. The summed E-state index contributed by atoms with van der Waals surface area (Å²) < 4.78 is 18.8. The van der Waals surface area contributed by atoms with Gasteiger partial charge in [-0.1, -0.05) is 17.7 Å². The van der Waals surface area contributed by atoms with Crippen molar-refractivity contribution in [2.45, 2.75) is 31.4 Å². The van der Waals surface area contributed by atoms with Gasteiger partial charge in [-0.05, 0) is 37.0 Å². The van der Waals surface area contributed by atoms with Gasteiger partial charge < -0.3 is 10.1 Å². The summed E-state index contributed by atoms with van der Waals surface area (Å²) in [7, 11) is 0. The third-order valence-corrected chi connectivity index (χ3v) is 4.06. The highest BCUT2D eigenvalue weighted by molar-refractivity contribution is 6.31. The summed E-state index contributed by atoms with van der Waals surface area (Å²) in [6.07, 6.45) is 3.62. The van der Waals surface area contributed by atoms with Crippen molar-refractivity contribution in [3.05, 3.63) is 34.6 Å². The lowest BCUT2D eigenvalue weighted by molar-refractivity contribution is 0.0904. The van der Waals surface area contributed by atoms with Gasteiger partial charge in [0.05, 0.1) is 6.10 Å². The minimum absolute atomic E-state index is 0.00403. The van der Waals surface area contributed by atoms with Gasteiger partial charge in [0, 0.05) is 30.1 Å². The van der Waals surface area contributed by atoms with Crippen LogP contribution < -0.4 is 5.32 Å². The van der Waals surface area contributed by atoms with Crippen LogP contribution in [0.25, 0.3) is 0 Å². The number of halogens is 2. The zero-order chi connectivity index (χ0) is 12.5. The molecule has 1 aromatic rings. The summed E-state index contributed by atoms with van der Waals surface area (Å²) in [5.41, 5.74) is 0.915. The summed E-state index contributed by atoms with van der Waals surface area (Å²) in [6, 6.07) is 5.27. The van der Waals surface area contributed by atoms with E-state index in [4.69, 9.17) is 16.3 Å². The van der Waals surface area contributed by atoms with Gasteiger partial charge in [0.25, 0.3) is 0 Å². The zero-order valence-electron chi connectivity index (χ0n) is 10.2. The van der Waals surface area contributed by atoms with E-state index in [0.29, 0.717) is 17.0 Å². The van der Waals surface area contributed by atoms with Gasteiger partial charge >= 0.3 is 0 Å². The van der Waals surface area contributed by atoms with Crippen molar-refractivity contribution in [3.8, 4) is 0 Å². The molecule has 4 heteroatoms. The monoisotopic (exact) mass is 269 g/mol. The van der Waals surface area contributed by atoms with E-state index in [9.17, 15) is 4.39 Å². The summed E-state index contributed by atoms with van der Waals surface area (Å²) in [5.74, 6) is 0.142. The van der Waals surface area contributed by atoms with Gasteiger partial charge in [-0.25, -0.2) is 4.39 Å². The smallest absolute Gasteiger partial charge is 0.124 e. The van der Waals surface area contributed by atoms with Gasteiger partial charge in [-0.15, -0.1) is 0 Å². The average molecular weight is 270 g/mol. The molecule has 1 heterocycles. The van der Waals surface area contributed by atoms with Gasteiger partial charge in [0.1, 0.15) is 5.82 Å². The van der Waals surface area contributed by atoms with E-state index < -0.39 is 0 Å². The summed E-state index contributed by atoms with van der Waals surface area (Å²) in [5, 5.41) is 4.00. The Kier molecular flexibility index (Phi) is 3.55. The van der Waals surface area contributed by atoms with Crippen LogP contribution in [0, 0.1) is 11.7 Å². The van der Waals surface area contributed by atoms with Crippen LogP contribution in [-0.2, 0) is 4.74 Å². The van der Waals surface area contributed by atoms with Crippen molar-refractivity contribution >= 4 is 11.6 Å². The summed E-state index contributed by atoms with van der Waals surface area (Å²) >= 11 is 6.11. The molecule has 0 bridgehead atoms. The molecule has 2 aliphatic rings. The minimum atomic E-state index is -0.297. The Morgan fingerprint density at radius 2 is 2.17 bits per heavy atom. The molecule has 0 spiro atoms. The fraction of sp³-hybridized carbons (Fsp3) is 0.571. The number of ether oxygens (including phenoxy) is 1. The first-order valence-electron chi connectivity index (χ1n) is 6.54. The molecular weight excluding hydrogens is 253 g/mol.